The summed E-state index contributed by atoms with van der Waals surface area (Å²) >= 11 is 0. The third kappa shape index (κ3) is 14.7. The molecule has 6 atom stereocenters. The normalized spacial score (nSPS) is 17.9. The highest BCUT2D eigenvalue weighted by Gasteiger charge is 2.43. The van der Waals surface area contributed by atoms with Crippen molar-refractivity contribution in [3.05, 3.63) is 107 Å². The lowest BCUT2D eigenvalue weighted by atomic mass is 9.76. The number of hydrogen-bond acceptors (Lipinski definition) is 8. The van der Waals surface area contributed by atoms with Gasteiger partial charge in [0, 0.05) is 68.6 Å². The smallest absolute Gasteiger partial charge is 0.260 e. The van der Waals surface area contributed by atoms with Crippen LogP contribution >= 0.6 is 0 Å². The number of carbonyl (C=O) groups is 7. The average Bonchev–Trinajstić information content (AvgIpc) is 4.00. The number of likely N-dealkylation sites (N-methyl/N-ethyl adjacent to an activating group) is 1. The fourth-order valence-corrected chi connectivity index (χ4v) is 9.31. The number of hydrogen-bond donors (Lipinski definition) is 2. The number of imide groups is 1. The molecule has 2 aliphatic heterocycles. The van der Waals surface area contributed by atoms with Crippen LogP contribution in [0.5, 0.6) is 0 Å². The summed E-state index contributed by atoms with van der Waals surface area (Å²) in [6.07, 6.45) is 3.69. The van der Waals surface area contributed by atoms with Crippen LogP contribution in [0.1, 0.15) is 128 Å². The van der Waals surface area contributed by atoms with Gasteiger partial charge in [0.1, 0.15) is 11.8 Å². The molecule has 69 heavy (non-hydrogen) atoms. The monoisotopic (exact) mass is 947 g/mol. The standard InChI is InChI=1S/C56H78N6O7/c1-11-38(2)51(66)58-50(56(7,8)9)54(69)61-31-19-25-45(61)37-62(49(65)33-41-22-16-13-17-23-41)52(67)43-28-26-42(27-29-43)35-59(48(64)32-40-20-14-12-15-21-40)36-44-24-18-30-60(44)53(68)46(55(4,5)6)34-47(63)39(3)57-10/h12-17,20-23,26-29,38-39,44-46,50,57H,11,18-19,24-25,30-37H2,1-10H3,(H,58,66)/t38-,39+,44+,45+,46-,50-/m1/s1. The first kappa shape index (κ1) is 54.3. The molecular weight excluding hydrogens is 869 g/mol. The summed E-state index contributed by atoms with van der Waals surface area (Å²) in [7, 11) is 1.74. The molecule has 13 nitrogen and oxygen atoms in total. The van der Waals surface area contributed by atoms with E-state index in [2.05, 4.69) is 10.6 Å². The van der Waals surface area contributed by atoms with Gasteiger partial charge in [0.25, 0.3) is 5.91 Å². The fraction of sp³-hybridized carbons (Fsp3) is 0.554. The van der Waals surface area contributed by atoms with Crippen LogP contribution in [0.2, 0.25) is 0 Å². The molecular formula is C56H78N6O7. The molecule has 13 heteroatoms. The third-order valence-electron chi connectivity index (χ3n) is 14.1. The molecule has 2 fully saturated rings. The second-order valence-electron chi connectivity index (χ2n) is 21.5. The topological polar surface area (TPSA) is 157 Å². The van der Waals surface area contributed by atoms with Gasteiger partial charge in [-0.1, -0.05) is 128 Å². The van der Waals surface area contributed by atoms with Crippen LogP contribution in [-0.4, -0.2) is 118 Å². The highest BCUT2D eigenvalue weighted by Crippen LogP contribution is 2.34. The zero-order valence-electron chi connectivity index (χ0n) is 42.9. The molecule has 3 aromatic carbocycles. The summed E-state index contributed by atoms with van der Waals surface area (Å²) in [5.74, 6) is -2.29. The van der Waals surface area contributed by atoms with Gasteiger partial charge < -0.3 is 25.3 Å². The average molecular weight is 947 g/mol. The van der Waals surface area contributed by atoms with E-state index in [9.17, 15) is 33.6 Å². The second kappa shape index (κ2) is 24.2. The summed E-state index contributed by atoms with van der Waals surface area (Å²) in [4.78, 5) is 105. The Kier molecular flexibility index (Phi) is 19.1. The van der Waals surface area contributed by atoms with E-state index in [1.807, 2.05) is 121 Å². The van der Waals surface area contributed by atoms with Gasteiger partial charge in [-0.05, 0) is 85.7 Å². The summed E-state index contributed by atoms with van der Waals surface area (Å²) in [5, 5.41) is 6.02. The first-order chi connectivity index (χ1) is 32.6. The van der Waals surface area contributed by atoms with Crippen LogP contribution in [0.15, 0.2) is 84.9 Å². The van der Waals surface area contributed by atoms with Crippen molar-refractivity contribution in [3.63, 3.8) is 0 Å². The van der Waals surface area contributed by atoms with E-state index < -0.39 is 40.6 Å². The zero-order valence-corrected chi connectivity index (χ0v) is 42.9. The molecule has 6 amide bonds. The van der Waals surface area contributed by atoms with Gasteiger partial charge in [-0.3, -0.25) is 38.5 Å². The molecule has 2 heterocycles. The lowest BCUT2D eigenvalue weighted by Gasteiger charge is -2.37. The van der Waals surface area contributed by atoms with Gasteiger partial charge in [-0.2, -0.15) is 0 Å². The number of amides is 6. The minimum atomic E-state index is -0.795. The highest BCUT2D eigenvalue weighted by molar-refractivity contribution is 6.05. The van der Waals surface area contributed by atoms with Crippen molar-refractivity contribution in [1.29, 1.82) is 0 Å². The summed E-state index contributed by atoms with van der Waals surface area (Å²) in [5.41, 5.74) is 1.62. The number of rotatable bonds is 20. The maximum absolute atomic E-state index is 14.6. The molecule has 5 rings (SSSR count). The molecule has 0 aromatic heterocycles. The lowest BCUT2D eigenvalue weighted by molar-refractivity contribution is -0.144. The number of carbonyl (C=O) groups excluding carboxylic acids is 7. The number of ketones is 1. The molecule has 374 valence electrons. The fourth-order valence-electron chi connectivity index (χ4n) is 9.31. The van der Waals surface area contributed by atoms with E-state index in [1.54, 1.807) is 48.0 Å². The van der Waals surface area contributed by atoms with Crippen molar-refractivity contribution in [1.82, 2.24) is 30.2 Å². The Morgan fingerprint density at radius 1 is 0.667 bits per heavy atom. The Morgan fingerprint density at radius 3 is 1.70 bits per heavy atom. The number of nitrogens with zero attached hydrogens (tertiary/aromatic N) is 4. The van der Waals surface area contributed by atoms with Crippen LogP contribution in [0.4, 0.5) is 0 Å². The predicted octanol–water partition coefficient (Wildman–Crippen LogP) is 7.26. The number of benzene rings is 3. The van der Waals surface area contributed by atoms with Gasteiger partial charge in [-0.25, -0.2) is 0 Å². The van der Waals surface area contributed by atoms with Crippen LogP contribution in [-0.2, 0) is 48.2 Å². The van der Waals surface area contributed by atoms with Gasteiger partial charge in [0.05, 0.1) is 18.9 Å². The largest absolute Gasteiger partial charge is 0.344 e. The molecule has 2 saturated heterocycles. The first-order valence-corrected chi connectivity index (χ1v) is 25.0. The number of nitrogens with one attached hydrogen (secondary N) is 2. The van der Waals surface area contributed by atoms with Crippen LogP contribution in [0, 0.1) is 22.7 Å². The van der Waals surface area contributed by atoms with Gasteiger partial charge in [0.15, 0.2) is 0 Å². The SMILES string of the molecule is CC[C@@H](C)C(=O)N[C@H](C(=O)N1CCC[C@H]1CN(C(=O)Cc1ccccc1)C(=O)c1ccc(CN(C[C@@H]2CCCN2C(=O)[C@@H](CC(=O)[C@H](C)NC)C(C)(C)C)C(=O)Cc2ccccc2)cc1)C(C)(C)C. The zero-order chi connectivity index (χ0) is 50.6. The van der Waals surface area contributed by atoms with E-state index in [4.69, 9.17) is 0 Å². The van der Waals surface area contributed by atoms with Crippen molar-refractivity contribution in [2.45, 2.75) is 144 Å². The summed E-state index contributed by atoms with van der Waals surface area (Å²) in [6.45, 7) is 18.8. The minimum Gasteiger partial charge on any atom is -0.344 e. The van der Waals surface area contributed by atoms with E-state index in [1.165, 1.54) is 4.90 Å². The van der Waals surface area contributed by atoms with E-state index in [0.717, 1.165) is 23.1 Å². The maximum atomic E-state index is 14.6. The lowest BCUT2D eigenvalue weighted by Crippen LogP contribution is -2.58. The Labute approximate surface area is 411 Å². The molecule has 0 radical (unpaired) electrons. The van der Waals surface area contributed by atoms with Crippen molar-refractivity contribution < 1.29 is 33.6 Å². The Hall–Kier alpha value is -5.69. The van der Waals surface area contributed by atoms with Gasteiger partial charge >= 0.3 is 0 Å². The molecule has 0 unspecified atom stereocenters. The molecule has 0 bridgehead atoms. The Bertz CT molecular complexity index is 2240. The quantitative estimate of drug-likeness (QED) is 0.120. The Balaban J connectivity index is 1.40. The summed E-state index contributed by atoms with van der Waals surface area (Å²) < 4.78 is 0. The van der Waals surface area contributed by atoms with Gasteiger partial charge in [-0.15, -0.1) is 0 Å². The second-order valence-corrected chi connectivity index (χ2v) is 21.5. The summed E-state index contributed by atoms with van der Waals surface area (Å²) in [6, 6.07) is 23.9. The van der Waals surface area contributed by atoms with Crippen LogP contribution < -0.4 is 10.6 Å². The van der Waals surface area contributed by atoms with Crippen LogP contribution in [0.3, 0.4) is 0 Å². The highest BCUT2D eigenvalue weighted by atomic mass is 16.2. The molecule has 0 spiro atoms. The van der Waals surface area contributed by atoms with Crippen LogP contribution in [0.25, 0.3) is 0 Å². The van der Waals surface area contributed by atoms with Crippen molar-refractivity contribution in [2.75, 3.05) is 33.2 Å². The van der Waals surface area contributed by atoms with E-state index in [0.29, 0.717) is 45.3 Å². The van der Waals surface area contributed by atoms with Crippen molar-refractivity contribution in [2.24, 2.45) is 22.7 Å². The minimum absolute atomic E-state index is 0.00864. The van der Waals surface area contributed by atoms with Gasteiger partial charge in [0.2, 0.25) is 29.5 Å². The molecule has 2 N–H and O–H groups in total. The van der Waals surface area contributed by atoms with E-state index in [-0.39, 0.29) is 85.3 Å². The predicted molar refractivity (Wildman–Crippen MR) is 270 cm³/mol. The molecule has 3 aromatic rings. The molecule has 0 aliphatic carbocycles. The third-order valence-corrected chi connectivity index (χ3v) is 14.1. The number of likely N-dealkylation sites (tertiary alicyclic amines) is 2. The molecule has 2 aliphatic rings. The number of Topliss-reactive ketones (excluding diaryl/α,β-unsaturated/α-hetero) is 1. The molecule has 0 saturated carbocycles. The Morgan fingerprint density at radius 2 is 1.19 bits per heavy atom. The van der Waals surface area contributed by atoms with E-state index >= 15 is 0 Å². The van der Waals surface area contributed by atoms with Crippen molar-refractivity contribution >= 4 is 41.2 Å². The van der Waals surface area contributed by atoms with Crippen molar-refractivity contribution in [3.8, 4) is 0 Å². The first-order valence-electron chi connectivity index (χ1n) is 25.0. The maximum Gasteiger partial charge on any atom is 0.260 e.